The third-order valence-corrected chi connectivity index (χ3v) is 0.777. The Bertz CT molecular complexity index is 190. The first-order valence-corrected chi connectivity index (χ1v) is 2.42. The first-order valence-electron chi connectivity index (χ1n) is 2.42. The maximum Gasteiger partial charge on any atom is 0.483 e. The average Bonchev–Trinajstić information content (AvgIpc) is 2.12. The van der Waals surface area contributed by atoms with Gasteiger partial charge in [-0.05, 0) is 0 Å². The van der Waals surface area contributed by atoms with Crippen LogP contribution in [-0.4, -0.2) is 16.5 Å². The second kappa shape index (κ2) is 2.20. The van der Waals surface area contributed by atoms with E-state index in [0.29, 0.717) is 0 Å². The van der Waals surface area contributed by atoms with E-state index in [4.69, 9.17) is 0 Å². The fraction of sp³-hybridized carbons (Fsp3) is 0.250. The van der Waals surface area contributed by atoms with Crippen molar-refractivity contribution in [1.82, 2.24) is 10.2 Å². The number of hydrogen-bond acceptors (Lipinski definition) is 2. The molecule has 0 fully saturated rings. The minimum absolute atomic E-state index is 0.160. The number of rotatable bonds is 1. The lowest BCUT2D eigenvalue weighted by atomic mass is 10.6. The van der Waals surface area contributed by atoms with Crippen molar-refractivity contribution in [2.24, 2.45) is 0 Å². The van der Waals surface area contributed by atoms with Gasteiger partial charge in [-0.15, -0.1) is 0 Å². The predicted molar refractivity (Wildman–Crippen MR) is 28.3 cm³/mol. The van der Waals surface area contributed by atoms with Crippen LogP contribution in [0.2, 0.25) is 0 Å². The number of nitrogens with zero attached hydrogens (tertiary/aromatic N) is 1. The lowest BCUT2D eigenvalue weighted by Gasteiger charge is -2.05. The smallest absolute Gasteiger partial charge is 0.282 e. The molecular formula is C4H4F3N3. The number of nitrogens with one attached hydrogen (secondary N) is 2. The number of aromatic amines is 1. The standard InChI is InChI=1S/C4H4F3N3/c5-4(6,7)9-3-1-2-8-10-3/h1-2H,(H2,8,9,10). The molecule has 6 heteroatoms. The highest BCUT2D eigenvalue weighted by Crippen LogP contribution is 2.16. The van der Waals surface area contributed by atoms with Crippen molar-refractivity contribution < 1.29 is 13.2 Å². The van der Waals surface area contributed by atoms with Crippen molar-refractivity contribution in [3.05, 3.63) is 12.3 Å². The first-order chi connectivity index (χ1) is 4.58. The maximum atomic E-state index is 11.5. The van der Waals surface area contributed by atoms with Crippen LogP contribution in [0.4, 0.5) is 19.0 Å². The topological polar surface area (TPSA) is 40.7 Å². The zero-order valence-electron chi connectivity index (χ0n) is 4.74. The number of anilines is 1. The molecule has 2 N–H and O–H groups in total. The molecule has 0 saturated heterocycles. The molecule has 0 aliphatic carbocycles. The molecular weight excluding hydrogens is 147 g/mol. The van der Waals surface area contributed by atoms with Crippen molar-refractivity contribution in [2.45, 2.75) is 6.30 Å². The van der Waals surface area contributed by atoms with Gasteiger partial charge in [0.25, 0.3) is 0 Å². The summed E-state index contributed by atoms with van der Waals surface area (Å²) in [5.41, 5.74) is 0. The van der Waals surface area contributed by atoms with Crippen LogP contribution in [0.5, 0.6) is 0 Å². The Kier molecular flexibility index (Phi) is 1.52. The molecule has 1 rings (SSSR count). The molecule has 3 nitrogen and oxygen atoms in total. The van der Waals surface area contributed by atoms with Crippen LogP contribution in [0, 0.1) is 0 Å². The van der Waals surface area contributed by atoms with E-state index < -0.39 is 6.30 Å². The number of H-pyrrole nitrogens is 1. The molecule has 56 valence electrons. The Morgan fingerprint density at radius 1 is 1.50 bits per heavy atom. The molecule has 0 aliphatic rings. The Labute approximate surface area is 54.2 Å². The normalized spacial score (nSPS) is 11.5. The highest BCUT2D eigenvalue weighted by atomic mass is 19.4. The van der Waals surface area contributed by atoms with Crippen LogP contribution < -0.4 is 5.32 Å². The SMILES string of the molecule is FC(F)(F)Nc1ccn[nH]1. The summed E-state index contributed by atoms with van der Waals surface area (Å²) in [5.74, 6) is -0.160. The molecule has 1 heterocycles. The summed E-state index contributed by atoms with van der Waals surface area (Å²) >= 11 is 0. The Balaban J connectivity index is 2.57. The van der Waals surface area contributed by atoms with Crippen LogP contribution in [0.3, 0.4) is 0 Å². The predicted octanol–water partition coefficient (Wildman–Crippen LogP) is 1.34. The second-order valence-corrected chi connectivity index (χ2v) is 1.59. The Morgan fingerprint density at radius 3 is 2.60 bits per heavy atom. The zero-order valence-corrected chi connectivity index (χ0v) is 4.74. The van der Waals surface area contributed by atoms with Crippen molar-refractivity contribution in [1.29, 1.82) is 0 Å². The number of halogens is 3. The summed E-state index contributed by atoms with van der Waals surface area (Å²) in [5, 5.41) is 6.67. The molecule has 0 saturated carbocycles. The molecule has 0 unspecified atom stereocenters. The highest BCUT2D eigenvalue weighted by Gasteiger charge is 2.27. The van der Waals surface area contributed by atoms with Gasteiger partial charge in [-0.3, -0.25) is 10.4 Å². The molecule has 0 amide bonds. The molecule has 0 aliphatic heterocycles. The van der Waals surface area contributed by atoms with E-state index in [9.17, 15) is 13.2 Å². The molecule has 10 heavy (non-hydrogen) atoms. The lowest BCUT2D eigenvalue weighted by Crippen LogP contribution is -2.20. The average molecular weight is 151 g/mol. The summed E-state index contributed by atoms with van der Waals surface area (Å²) < 4.78 is 34.4. The van der Waals surface area contributed by atoms with E-state index in [1.165, 1.54) is 17.6 Å². The van der Waals surface area contributed by atoms with E-state index in [1.54, 1.807) is 0 Å². The van der Waals surface area contributed by atoms with Crippen molar-refractivity contribution in [3.8, 4) is 0 Å². The van der Waals surface area contributed by atoms with Crippen molar-refractivity contribution >= 4 is 5.82 Å². The van der Waals surface area contributed by atoms with E-state index in [-0.39, 0.29) is 5.82 Å². The van der Waals surface area contributed by atoms with Gasteiger partial charge in [-0.25, -0.2) is 0 Å². The lowest BCUT2D eigenvalue weighted by molar-refractivity contribution is -0.100. The summed E-state index contributed by atoms with van der Waals surface area (Å²) in [6, 6.07) is 1.19. The van der Waals surface area contributed by atoms with Crippen LogP contribution in [0.25, 0.3) is 0 Å². The zero-order chi connectivity index (χ0) is 7.61. The second-order valence-electron chi connectivity index (χ2n) is 1.59. The fourth-order valence-corrected chi connectivity index (χ4v) is 0.478. The van der Waals surface area contributed by atoms with Crippen molar-refractivity contribution in [2.75, 3.05) is 5.32 Å². The van der Waals surface area contributed by atoms with Crippen LogP contribution in [0.1, 0.15) is 0 Å². The van der Waals surface area contributed by atoms with Gasteiger partial charge in [-0.1, -0.05) is 0 Å². The van der Waals surface area contributed by atoms with Gasteiger partial charge in [0.05, 0.1) is 6.20 Å². The number of aromatic nitrogens is 2. The van der Waals surface area contributed by atoms with Crippen molar-refractivity contribution in [3.63, 3.8) is 0 Å². The summed E-state index contributed by atoms with van der Waals surface area (Å²) in [6.45, 7) is 0. The van der Waals surface area contributed by atoms with Crippen LogP contribution in [0.15, 0.2) is 12.3 Å². The highest BCUT2D eigenvalue weighted by molar-refractivity contribution is 5.32. The monoisotopic (exact) mass is 151 g/mol. The summed E-state index contributed by atoms with van der Waals surface area (Å²) in [4.78, 5) is 0. The molecule has 0 spiro atoms. The van der Waals surface area contributed by atoms with E-state index in [0.717, 1.165) is 0 Å². The van der Waals surface area contributed by atoms with Crippen LogP contribution in [-0.2, 0) is 0 Å². The van der Waals surface area contributed by atoms with E-state index in [2.05, 4.69) is 10.2 Å². The van der Waals surface area contributed by atoms with Gasteiger partial charge in [0, 0.05) is 6.07 Å². The molecule has 1 aromatic heterocycles. The minimum atomic E-state index is -4.40. The number of hydrogen-bond donors (Lipinski definition) is 2. The van der Waals surface area contributed by atoms with Gasteiger partial charge in [0.15, 0.2) is 0 Å². The molecule has 0 aromatic carbocycles. The van der Waals surface area contributed by atoms with Gasteiger partial charge in [0.1, 0.15) is 5.82 Å². The van der Waals surface area contributed by atoms with Crippen LogP contribution >= 0.6 is 0 Å². The van der Waals surface area contributed by atoms with Gasteiger partial charge in [-0.2, -0.15) is 18.3 Å². The Morgan fingerprint density at radius 2 is 2.20 bits per heavy atom. The minimum Gasteiger partial charge on any atom is -0.282 e. The molecule has 1 aromatic rings. The fourth-order valence-electron chi connectivity index (χ4n) is 0.478. The molecule has 0 radical (unpaired) electrons. The third kappa shape index (κ3) is 1.96. The quantitative estimate of drug-likeness (QED) is 0.594. The van der Waals surface area contributed by atoms with Gasteiger partial charge < -0.3 is 0 Å². The van der Waals surface area contributed by atoms with Gasteiger partial charge >= 0.3 is 6.30 Å². The number of alkyl halides is 3. The Hall–Kier alpha value is -1.20. The molecule has 0 atom stereocenters. The van der Waals surface area contributed by atoms with Gasteiger partial charge in [0.2, 0.25) is 0 Å². The largest absolute Gasteiger partial charge is 0.483 e. The first kappa shape index (κ1) is 6.91. The van der Waals surface area contributed by atoms with E-state index in [1.807, 2.05) is 0 Å². The van der Waals surface area contributed by atoms with E-state index >= 15 is 0 Å². The summed E-state index contributed by atoms with van der Waals surface area (Å²) in [6.07, 6.45) is -3.17. The maximum absolute atomic E-state index is 11.5. The third-order valence-electron chi connectivity index (χ3n) is 0.777. The molecule has 0 bridgehead atoms. The summed E-state index contributed by atoms with van der Waals surface area (Å²) in [7, 11) is 0.